The number of carboxylic acids is 1. The minimum Gasteiger partial charge on any atom is -0.477 e. The molecule has 1 N–H and O–H groups in total. The monoisotopic (exact) mass is 405 g/mol. The predicted molar refractivity (Wildman–Crippen MR) is 107 cm³/mol. The van der Waals surface area contributed by atoms with E-state index in [1.54, 1.807) is 16.3 Å². The molecule has 4 rings (SSSR count). The second-order valence-corrected chi connectivity index (χ2v) is 8.93. The van der Waals surface area contributed by atoms with Crippen LogP contribution in [0.3, 0.4) is 0 Å². The van der Waals surface area contributed by atoms with E-state index in [9.17, 15) is 14.7 Å². The molecule has 2 heterocycles. The Morgan fingerprint density at radius 1 is 1.21 bits per heavy atom. The zero-order valence-corrected chi connectivity index (χ0v) is 17.0. The average molecular weight is 406 g/mol. The maximum absolute atomic E-state index is 13.5. The molecule has 2 fully saturated rings. The first kappa shape index (κ1) is 19.6. The zero-order chi connectivity index (χ0) is 19.7. The fourth-order valence-electron chi connectivity index (χ4n) is 4.62. The highest BCUT2D eigenvalue weighted by Gasteiger charge is 2.44. The van der Waals surface area contributed by atoms with Crippen molar-refractivity contribution in [2.24, 2.45) is 5.92 Å². The molecular weight excluding hydrogens is 378 g/mol. The Balaban J connectivity index is 1.59. The summed E-state index contributed by atoms with van der Waals surface area (Å²) < 4.78 is 11.7. The fourth-order valence-corrected chi connectivity index (χ4v) is 5.34. The van der Waals surface area contributed by atoms with Crippen molar-refractivity contribution in [2.75, 3.05) is 18.1 Å². The largest absolute Gasteiger partial charge is 0.477 e. The van der Waals surface area contributed by atoms with Crippen LogP contribution in [-0.2, 0) is 14.3 Å². The lowest BCUT2D eigenvalue weighted by atomic mass is 9.85. The summed E-state index contributed by atoms with van der Waals surface area (Å²) in [6.07, 6.45) is 7.60. The average Bonchev–Trinajstić information content (AvgIpc) is 3.34. The number of aromatic carboxylic acids is 1. The summed E-state index contributed by atoms with van der Waals surface area (Å²) in [6.45, 7) is 3.34. The van der Waals surface area contributed by atoms with Gasteiger partial charge in [0.15, 0.2) is 5.79 Å². The van der Waals surface area contributed by atoms with Crippen molar-refractivity contribution in [3.8, 4) is 0 Å². The first-order chi connectivity index (χ1) is 13.5. The SMILES string of the molecule is CC1=CC[C@H](C(=O)N(c2ccsc2C(=O)O)C2CCC3(CC2)OCCO3)CC1. The summed E-state index contributed by atoms with van der Waals surface area (Å²) in [5.41, 5.74) is 1.87. The predicted octanol–water partition coefficient (Wildman–Crippen LogP) is 4.21. The lowest BCUT2D eigenvalue weighted by Crippen LogP contribution is -2.49. The van der Waals surface area contributed by atoms with Gasteiger partial charge in [-0.25, -0.2) is 4.79 Å². The molecule has 0 bridgehead atoms. The van der Waals surface area contributed by atoms with Gasteiger partial charge in [-0.15, -0.1) is 11.3 Å². The molecule has 2 aliphatic carbocycles. The van der Waals surface area contributed by atoms with Gasteiger partial charge in [0.1, 0.15) is 4.88 Å². The van der Waals surface area contributed by atoms with Crippen molar-refractivity contribution in [3.63, 3.8) is 0 Å². The molecule has 0 radical (unpaired) electrons. The molecule has 1 saturated carbocycles. The molecule has 1 aliphatic heterocycles. The molecule has 1 atom stereocenters. The fraction of sp³-hybridized carbons (Fsp3) is 0.619. The minimum atomic E-state index is -0.975. The van der Waals surface area contributed by atoms with Crippen molar-refractivity contribution >= 4 is 28.9 Å². The van der Waals surface area contributed by atoms with Crippen molar-refractivity contribution in [3.05, 3.63) is 28.0 Å². The van der Waals surface area contributed by atoms with Gasteiger partial charge in [0.2, 0.25) is 5.91 Å². The van der Waals surface area contributed by atoms with Crippen LogP contribution < -0.4 is 4.90 Å². The Hall–Kier alpha value is -1.70. The molecule has 1 aromatic rings. The number of hydrogen-bond donors (Lipinski definition) is 1. The van der Waals surface area contributed by atoms with Crippen LogP contribution >= 0.6 is 11.3 Å². The van der Waals surface area contributed by atoms with E-state index < -0.39 is 11.8 Å². The lowest BCUT2D eigenvalue weighted by molar-refractivity contribution is -0.179. The number of ether oxygens (including phenoxy) is 2. The number of nitrogens with zero attached hydrogens (tertiary/aromatic N) is 1. The van der Waals surface area contributed by atoms with E-state index in [4.69, 9.17) is 9.47 Å². The standard InChI is InChI=1S/C21H27NO5S/c1-14-2-4-15(5-3-14)19(23)22(17-8-13-28-18(17)20(24)25)16-6-9-21(10-7-16)26-11-12-27-21/h2,8,13,15-16H,3-7,9-12H2,1H3,(H,24,25)/t15-/m0/s1. The molecule has 0 aromatic carbocycles. The van der Waals surface area contributed by atoms with Gasteiger partial charge in [-0.1, -0.05) is 11.6 Å². The van der Waals surface area contributed by atoms with Gasteiger partial charge in [-0.05, 0) is 50.5 Å². The van der Waals surface area contributed by atoms with Crippen LogP contribution in [0.5, 0.6) is 0 Å². The topological polar surface area (TPSA) is 76.1 Å². The highest BCUT2D eigenvalue weighted by atomic mass is 32.1. The van der Waals surface area contributed by atoms with E-state index >= 15 is 0 Å². The van der Waals surface area contributed by atoms with E-state index in [1.165, 1.54) is 16.9 Å². The Morgan fingerprint density at radius 3 is 2.54 bits per heavy atom. The quantitative estimate of drug-likeness (QED) is 0.760. The molecule has 3 aliphatic rings. The van der Waals surface area contributed by atoms with Crippen molar-refractivity contribution < 1.29 is 24.2 Å². The van der Waals surface area contributed by atoms with E-state index in [0.29, 0.717) is 18.9 Å². The van der Waals surface area contributed by atoms with Crippen molar-refractivity contribution in [2.45, 2.75) is 63.7 Å². The normalized spacial score (nSPS) is 24.9. The first-order valence-electron chi connectivity index (χ1n) is 10.1. The molecular formula is C21H27NO5S. The molecule has 28 heavy (non-hydrogen) atoms. The summed E-state index contributed by atoms with van der Waals surface area (Å²) >= 11 is 1.18. The Labute approximate surface area is 169 Å². The summed E-state index contributed by atoms with van der Waals surface area (Å²) in [4.78, 5) is 27.3. The van der Waals surface area contributed by atoms with Crippen LogP contribution in [0.1, 0.15) is 61.5 Å². The smallest absolute Gasteiger partial charge is 0.348 e. The van der Waals surface area contributed by atoms with Crippen LogP contribution in [0.15, 0.2) is 23.1 Å². The third-order valence-electron chi connectivity index (χ3n) is 6.22. The Kier molecular flexibility index (Phi) is 5.58. The summed E-state index contributed by atoms with van der Waals surface area (Å²) in [5, 5.41) is 11.4. The summed E-state index contributed by atoms with van der Waals surface area (Å²) in [7, 11) is 0. The lowest BCUT2D eigenvalue weighted by Gasteiger charge is -2.41. The third-order valence-corrected chi connectivity index (χ3v) is 7.11. The number of anilines is 1. The Bertz CT molecular complexity index is 770. The van der Waals surface area contributed by atoms with E-state index in [-0.39, 0.29) is 22.7 Å². The first-order valence-corrected chi connectivity index (χ1v) is 10.9. The number of rotatable bonds is 4. The number of thiophene rings is 1. The third kappa shape index (κ3) is 3.75. The maximum atomic E-state index is 13.5. The van der Waals surface area contributed by atoms with Crippen LogP contribution in [0.4, 0.5) is 5.69 Å². The van der Waals surface area contributed by atoms with Crippen LogP contribution in [0, 0.1) is 5.92 Å². The minimum absolute atomic E-state index is 0.0226. The van der Waals surface area contributed by atoms with Crippen molar-refractivity contribution in [1.29, 1.82) is 0 Å². The molecule has 1 saturated heterocycles. The van der Waals surface area contributed by atoms with Gasteiger partial charge in [0, 0.05) is 24.8 Å². The van der Waals surface area contributed by atoms with Gasteiger partial charge in [0.05, 0.1) is 18.9 Å². The van der Waals surface area contributed by atoms with Gasteiger partial charge < -0.3 is 19.5 Å². The molecule has 152 valence electrons. The maximum Gasteiger partial charge on any atom is 0.348 e. The number of carbonyl (C=O) groups excluding carboxylic acids is 1. The van der Waals surface area contributed by atoms with Gasteiger partial charge in [0.25, 0.3) is 0 Å². The second-order valence-electron chi connectivity index (χ2n) is 8.01. The van der Waals surface area contributed by atoms with Gasteiger partial charge in [-0.2, -0.15) is 0 Å². The molecule has 0 unspecified atom stereocenters. The highest BCUT2D eigenvalue weighted by Crippen LogP contribution is 2.41. The number of amides is 1. The van der Waals surface area contributed by atoms with Gasteiger partial charge in [-0.3, -0.25) is 4.79 Å². The number of allylic oxidation sites excluding steroid dienone is 2. The number of carbonyl (C=O) groups is 2. The van der Waals surface area contributed by atoms with Gasteiger partial charge >= 0.3 is 5.97 Å². The molecule has 1 amide bonds. The molecule has 6 nitrogen and oxygen atoms in total. The number of hydrogen-bond acceptors (Lipinski definition) is 5. The number of carboxylic acid groups (broad SMARTS) is 1. The Morgan fingerprint density at radius 2 is 1.93 bits per heavy atom. The van der Waals surface area contributed by atoms with Crippen LogP contribution in [0.25, 0.3) is 0 Å². The van der Waals surface area contributed by atoms with Crippen LogP contribution in [0.2, 0.25) is 0 Å². The highest BCUT2D eigenvalue weighted by molar-refractivity contribution is 7.12. The molecule has 1 spiro atoms. The molecule has 7 heteroatoms. The summed E-state index contributed by atoms with van der Waals surface area (Å²) in [6, 6.07) is 1.76. The second kappa shape index (κ2) is 7.97. The van der Waals surface area contributed by atoms with E-state index in [2.05, 4.69) is 13.0 Å². The van der Waals surface area contributed by atoms with Crippen LogP contribution in [-0.4, -0.2) is 42.0 Å². The van der Waals surface area contributed by atoms with Crippen molar-refractivity contribution in [1.82, 2.24) is 0 Å². The van der Waals surface area contributed by atoms with E-state index in [1.807, 2.05) is 0 Å². The molecule has 1 aromatic heterocycles. The zero-order valence-electron chi connectivity index (χ0n) is 16.2. The summed E-state index contributed by atoms with van der Waals surface area (Å²) in [5.74, 6) is -1.50. The van der Waals surface area contributed by atoms with E-state index in [0.717, 1.165) is 44.9 Å².